The fraction of sp³-hybridized carbons (Fsp3) is 0.600. The number of ether oxygens (including phenoxy) is 9. The summed E-state index contributed by atoms with van der Waals surface area (Å²) in [5.74, 6) is -1.32. The Morgan fingerprint density at radius 1 is 0.579 bits per heavy atom. The van der Waals surface area contributed by atoms with E-state index in [1.165, 1.54) is 38.5 Å². The summed E-state index contributed by atoms with van der Waals surface area (Å²) < 4.78 is 50.4. The zero-order valence-electron chi connectivity index (χ0n) is 30.2. The van der Waals surface area contributed by atoms with Gasteiger partial charge in [-0.2, -0.15) is 0 Å². The van der Waals surface area contributed by atoms with Gasteiger partial charge >= 0.3 is 0 Å². The van der Waals surface area contributed by atoms with Crippen molar-refractivity contribution in [2.24, 2.45) is 0 Å². The molecule has 4 aliphatic rings. The van der Waals surface area contributed by atoms with Crippen LogP contribution in [0.2, 0.25) is 0 Å². The Morgan fingerprint density at radius 3 is 1.56 bits per heavy atom. The molecule has 4 aliphatic heterocycles. The number of aromatic hydroxyl groups is 3. The van der Waals surface area contributed by atoms with Crippen molar-refractivity contribution in [1.29, 1.82) is 0 Å². The van der Waals surface area contributed by atoms with E-state index >= 15 is 0 Å². The van der Waals surface area contributed by atoms with Crippen molar-refractivity contribution in [3.8, 4) is 34.5 Å². The zero-order valence-corrected chi connectivity index (χ0v) is 30.2. The minimum absolute atomic E-state index is 0.00191. The molecular weight excluding hydrogens is 772 g/mol. The molecule has 0 saturated carbocycles. The highest BCUT2D eigenvalue weighted by Gasteiger charge is 2.50. The van der Waals surface area contributed by atoms with Crippen LogP contribution in [0.5, 0.6) is 34.5 Å². The second kappa shape index (κ2) is 17.6. The second-order valence-corrected chi connectivity index (χ2v) is 13.7. The van der Waals surface area contributed by atoms with Crippen LogP contribution in [-0.4, -0.2) is 193 Å². The number of aliphatic hydroxyl groups is 10. The van der Waals surface area contributed by atoms with E-state index in [1.54, 1.807) is 0 Å². The van der Waals surface area contributed by atoms with Gasteiger partial charge in [0.1, 0.15) is 96.3 Å². The fourth-order valence-electron chi connectivity index (χ4n) is 6.70. The Morgan fingerprint density at radius 2 is 1.05 bits per heavy atom. The van der Waals surface area contributed by atoms with E-state index in [0.717, 1.165) is 6.07 Å². The van der Waals surface area contributed by atoms with E-state index in [1.807, 2.05) is 0 Å². The molecular formula is C35H46O22. The van der Waals surface area contributed by atoms with Crippen LogP contribution in [0.25, 0.3) is 6.08 Å². The molecule has 3 saturated heterocycles. The molecule has 2 aromatic rings. The smallest absolute Gasteiger partial charge is 0.228 e. The molecule has 22 heteroatoms. The van der Waals surface area contributed by atoms with E-state index in [2.05, 4.69) is 0 Å². The Kier molecular flexibility index (Phi) is 13.2. The Hall–Kier alpha value is -3.82. The molecule has 4 heterocycles. The summed E-state index contributed by atoms with van der Waals surface area (Å²) in [6.45, 7) is -2.09. The number of methoxy groups -OCH3 is 2. The Bertz CT molecular complexity index is 1700. The predicted octanol–water partition coefficient (Wildman–Crippen LogP) is -4.24. The molecule has 1 unspecified atom stereocenters. The number of phenols is 3. The standard InChI is InChI=1S/C35H46O22/c1-49-16-3-11(4-17(50-2)22(16)39)32-18(7-13-14(38)5-12(37)6-15(13)53-32)54-35-31(48)28(45)25(42)21(57-35)10-52-34-30(47)27(44)24(41)20(56-34)9-51-33-29(46)26(43)23(40)19(8-36)55-33/h3-7,19-21,23-48H,8-10H2,1-2H3/t19-,20-,21-,23-,24-,25-,26+,27+,28+,29+,30-,31-,32?,33-,34-,35-/m1/s1. The quantitative estimate of drug-likeness (QED) is 0.0965. The molecule has 0 spiro atoms. The molecule has 13 N–H and O–H groups in total. The summed E-state index contributed by atoms with van der Waals surface area (Å²) in [6, 6.07) is 5.01. The summed E-state index contributed by atoms with van der Waals surface area (Å²) in [5, 5.41) is 135. The van der Waals surface area contributed by atoms with Gasteiger partial charge in [-0.3, -0.25) is 0 Å². The van der Waals surface area contributed by atoms with E-state index in [-0.39, 0.29) is 45.6 Å². The molecule has 0 aliphatic carbocycles. The summed E-state index contributed by atoms with van der Waals surface area (Å²) in [7, 11) is 2.58. The lowest BCUT2D eigenvalue weighted by Crippen LogP contribution is -2.62. The Balaban J connectivity index is 1.18. The largest absolute Gasteiger partial charge is 0.508 e. The first-order chi connectivity index (χ1) is 27.1. The molecule has 2 aromatic carbocycles. The van der Waals surface area contributed by atoms with Crippen LogP contribution in [0.4, 0.5) is 0 Å². The van der Waals surface area contributed by atoms with Crippen LogP contribution in [0.1, 0.15) is 17.2 Å². The van der Waals surface area contributed by atoms with Gasteiger partial charge < -0.3 is 109 Å². The maximum absolute atomic E-state index is 11.0. The van der Waals surface area contributed by atoms with E-state index in [0.29, 0.717) is 0 Å². The second-order valence-electron chi connectivity index (χ2n) is 13.7. The number of phenolic OH excluding ortho intramolecular Hbond substituents is 3. The minimum Gasteiger partial charge on any atom is -0.508 e. The van der Waals surface area contributed by atoms with Crippen LogP contribution in [0.15, 0.2) is 30.0 Å². The van der Waals surface area contributed by atoms with Gasteiger partial charge in [-0.1, -0.05) is 0 Å². The van der Waals surface area contributed by atoms with Gasteiger partial charge in [0, 0.05) is 17.7 Å². The fourth-order valence-corrected chi connectivity index (χ4v) is 6.70. The van der Waals surface area contributed by atoms with Crippen molar-refractivity contribution in [2.75, 3.05) is 34.0 Å². The minimum atomic E-state index is -1.93. The maximum Gasteiger partial charge on any atom is 0.228 e. The summed E-state index contributed by atoms with van der Waals surface area (Å²) in [6.07, 6.45) is -26.0. The highest BCUT2D eigenvalue weighted by Crippen LogP contribution is 2.47. The number of hydrogen-bond acceptors (Lipinski definition) is 22. The van der Waals surface area contributed by atoms with Gasteiger partial charge in [0.15, 0.2) is 30.2 Å². The highest BCUT2D eigenvalue weighted by molar-refractivity contribution is 5.70. The molecule has 16 atom stereocenters. The molecule has 6 rings (SSSR count). The van der Waals surface area contributed by atoms with Crippen LogP contribution < -0.4 is 14.2 Å². The molecule has 57 heavy (non-hydrogen) atoms. The molecule has 0 aromatic heterocycles. The molecule has 0 amide bonds. The van der Waals surface area contributed by atoms with Gasteiger partial charge in [0.2, 0.25) is 12.0 Å². The van der Waals surface area contributed by atoms with Gasteiger partial charge in [-0.05, 0) is 18.2 Å². The third kappa shape index (κ3) is 8.52. The first kappa shape index (κ1) is 42.8. The summed E-state index contributed by atoms with van der Waals surface area (Å²) >= 11 is 0. The summed E-state index contributed by atoms with van der Waals surface area (Å²) in [4.78, 5) is 0. The van der Waals surface area contributed by atoms with Gasteiger partial charge in [-0.15, -0.1) is 0 Å². The molecule has 22 nitrogen and oxygen atoms in total. The third-order valence-corrected chi connectivity index (χ3v) is 9.99. The number of rotatable bonds is 12. The van der Waals surface area contributed by atoms with Gasteiger partial charge in [0.25, 0.3) is 0 Å². The normalized spacial score (nSPS) is 38.1. The number of benzene rings is 2. The topological polar surface area (TPSA) is 346 Å². The van der Waals surface area contributed by atoms with Gasteiger partial charge in [0.05, 0.1) is 39.6 Å². The lowest BCUT2D eigenvalue weighted by molar-refractivity contribution is -0.341. The van der Waals surface area contributed by atoms with Crippen molar-refractivity contribution in [3.63, 3.8) is 0 Å². The average molecular weight is 819 g/mol. The lowest BCUT2D eigenvalue weighted by atomic mass is 9.97. The molecule has 318 valence electrons. The van der Waals surface area contributed by atoms with Crippen LogP contribution in [0, 0.1) is 0 Å². The SMILES string of the molecule is COc1cc(C2Oc3cc(O)cc(O)c3C=C2O[C@@H]2O[C@H](CO[C@@H]3O[C@H](CO[C@@H]4O[C@H](CO)[C@@H](O)[C@H](O)[C@@H]4O)[C@@H](O)[C@H](O)[C@H]3O)[C@@H](O)[C@H](O)[C@H]2O)cc(OC)c1O. The van der Waals surface area contributed by atoms with Crippen molar-refractivity contribution in [2.45, 2.75) is 98.2 Å². The zero-order chi connectivity index (χ0) is 41.5. The lowest BCUT2D eigenvalue weighted by Gasteiger charge is -2.44. The van der Waals surface area contributed by atoms with Crippen LogP contribution >= 0.6 is 0 Å². The van der Waals surface area contributed by atoms with Crippen molar-refractivity contribution in [3.05, 3.63) is 41.2 Å². The van der Waals surface area contributed by atoms with E-state index in [9.17, 15) is 66.4 Å². The number of hydrogen-bond donors (Lipinski definition) is 13. The molecule has 0 bridgehead atoms. The van der Waals surface area contributed by atoms with Crippen LogP contribution in [-0.2, 0) is 28.4 Å². The monoisotopic (exact) mass is 818 g/mol. The van der Waals surface area contributed by atoms with Crippen molar-refractivity contribution >= 4 is 6.08 Å². The maximum atomic E-state index is 11.0. The van der Waals surface area contributed by atoms with E-state index in [4.69, 9.17) is 42.6 Å². The molecule has 0 radical (unpaired) electrons. The third-order valence-electron chi connectivity index (χ3n) is 9.99. The first-order valence-electron chi connectivity index (χ1n) is 17.6. The Labute approximate surface area is 323 Å². The molecule has 3 fully saturated rings. The first-order valence-corrected chi connectivity index (χ1v) is 17.6. The number of fused-ring (bicyclic) bond motifs is 1. The van der Waals surface area contributed by atoms with E-state index < -0.39 is 124 Å². The van der Waals surface area contributed by atoms with Gasteiger partial charge in [-0.25, -0.2) is 0 Å². The highest BCUT2D eigenvalue weighted by atomic mass is 16.7. The predicted molar refractivity (Wildman–Crippen MR) is 182 cm³/mol. The number of aliphatic hydroxyl groups excluding tert-OH is 10. The van der Waals surface area contributed by atoms with Crippen molar-refractivity contribution < 1.29 is 109 Å². The van der Waals surface area contributed by atoms with Crippen LogP contribution in [0.3, 0.4) is 0 Å². The summed E-state index contributed by atoms with van der Waals surface area (Å²) in [5.41, 5.74) is 0.276. The average Bonchev–Trinajstić information content (AvgIpc) is 3.19. The van der Waals surface area contributed by atoms with Crippen molar-refractivity contribution in [1.82, 2.24) is 0 Å².